The van der Waals surface area contributed by atoms with Gasteiger partial charge in [-0.1, -0.05) is 6.07 Å². The van der Waals surface area contributed by atoms with Crippen molar-refractivity contribution in [3.8, 4) is 11.1 Å². The molecule has 1 fully saturated rings. The van der Waals surface area contributed by atoms with E-state index >= 15 is 0 Å². The van der Waals surface area contributed by atoms with E-state index in [9.17, 15) is 27.2 Å². The predicted octanol–water partition coefficient (Wildman–Crippen LogP) is 4.18. The van der Waals surface area contributed by atoms with Gasteiger partial charge in [-0.25, -0.2) is 9.87 Å². The van der Waals surface area contributed by atoms with Crippen molar-refractivity contribution in [1.82, 2.24) is 15.0 Å². The third-order valence-electron chi connectivity index (χ3n) is 4.83. The molecule has 0 atom stereocenters. The third-order valence-corrected chi connectivity index (χ3v) is 4.83. The Hall–Kier alpha value is -3.27. The molecule has 0 bridgehead atoms. The highest BCUT2D eigenvalue weighted by atomic mass is 19.4. The van der Waals surface area contributed by atoms with E-state index in [4.69, 9.17) is 5.21 Å². The van der Waals surface area contributed by atoms with Crippen molar-refractivity contribution in [2.45, 2.75) is 32.5 Å². The zero-order valence-electron chi connectivity index (χ0n) is 16.4. The minimum atomic E-state index is -4.99. The average Bonchev–Trinajstić information content (AvgIpc) is 3.51. The van der Waals surface area contributed by atoms with Crippen molar-refractivity contribution in [1.29, 1.82) is 0 Å². The molecule has 4 rings (SSSR count). The minimum Gasteiger partial charge on any atom is -0.339 e. The summed E-state index contributed by atoms with van der Waals surface area (Å²) in [6.45, 7) is 2.16. The molecule has 1 amide bonds. The molecule has 6 nitrogen and oxygen atoms in total. The maximum Gasteiger partial charge on any atom is 0.473 e. The summed E-state index contributed by atoms with van der Waals surface area (Å²) in [5.41, 5.74) is 4.73. The number of carbonyl (C=O) groups is 2. The number of benzene rings is 1. The quantitative estimate of drug-likeness (QED) is 0.364. The molecule has 164 valence electrons. The van der Waals surface area contributed by atoms with Crippen molar-refractivity contribution < 1.29 is 32.4 Å². The maximum absolute atomic E-state index is 13.4. The zero-order chi connectivity index (χ0) is 22.8. The van der Waals surface area contributed by atoms with Gasteiger partial charge in [0.25, 0.3) is 0 Å². The zero-order valence-corrected chi connectivity index (χ0v) is 16.4. The molecule has 1 aromatic carbocycles. The number of hydrogen-bond acceptors (Lipinski definition) is 4. The molecule has 1 aliphatic carbocycles. The SMILES string of the molecule is Cc1cc(-c2cnc3ccn(CC(=O)C4CC4)c3c2)ccc1F.O=C(NO)C(F)(F)F. The van der Waals surface area contributed by atoms with Crippen molar-refractivity contribution in [3.63, 3.8) is 0 Å². The lowest BCUT2D eigenvalue weighted by atomic mass is 10.0. The van der Waals surface area contributed by atoms with Crippen LogP contribution in [0.3, 0.4) is 0 Å². The second kappa shape index (κ2) is 8.84. The molecule has 2 N–H and O–H groups in total. The number of ketones is 1. The van der Waals surface area contributed by atoms with Crippen LogP contribution in [0.2, 0.25) is 0 Å². The van der Waals surface area contributed by atoms with Crippen molar-refractivity contribution >= 4 is 22.7 Å². The summed E-state index contributed by atoms with van der Waals surface area (Å²) in [7, 11) is 0. The number of nitrogens with one attached hydrogen (secondary N) is 1. The first-order chi connectivity index (χ1) is 14.6. The number of pyridine rings is 1. The van der Waals surface area contributed by atoms with E-state index in [1.807, 2.05) is 29.0 Å². The van der Waals surface area contributed by atoms with E-state index in [1.54, 1.807) is 19.2 Å². The fourth-order valence-electron chi connectivity index (χ4n) is 2.95. The summed E-state index contributed by atoms with van der Waals surface area (Å²) in [4.78, 5) is 25.9. The lowest BCUT2D eigenvalue weighted by Crippen LogP contribution is -2.34. The molecule has 0 unspecified atom stereocenters. The predicted molar refractivity (Wildman–Crippen MR) is 104 cm³/mol. The van der Waals surface area contributed by atoms with E-state index in [0.717, 1.165) is 35.0 Å². The molecule has 1 saturated carbocycles. The van der Waals surface area contributed by atoms with Crippen LogP contribution in [-0.2, 0) is 16.1 Å². The number of hydrogen-bond donors (Lipinski definition) is 2. The van der Waals surface area contributed by atoms with Gasteiger partial charge in [0.2, 0.25) is 0 Å². The van der Waals surface area contributed by atoms with Gasteiger partial charge in [0.1, 0.15) is 5.82 Å². The second-order valence-electron chi connectivity index (χ2n) is 7.22. The van der Waals surface area contributed by atoms with Crippen LogP contribution in [0.5, 0.6) is 0 Å². The average molecular weight is 437 g/mol. The first kappa shape index (κ1) is 22.4. The lowest BCUT2D eigenvalue weighted by molar-refractivity contribution is -0.182. The summed E-state index contributed by atoms with van der Waals surface area (Å²) < 4.78 is 48.0. The highest BCUT2D eigenvalue weighted by Gasteiger charge is 2.38. The number of nitrogens with zero attached hydrogens (tertiary/aromatic N) is 2. The minimum absolute atomic E-state index is 0.207. The number of rotatable bonds is 4. The fourth-order valence-corrected chi connectivity index (χ4v) is 2.95. The van der Waals surface area contributed by atoms with Gasteiger partial charge in [-0.15, -0.1) is 0 Å². The molecular weight excluding hydrogens is 418 g/mol. The summed E-state index contributed by atoms with van der Waals surface area (Å²) in [5, 5.41) is 7.35. The lowest BCUT2D eigenvalue weighted by Gasteiger charge is -2.07. The Balaban J connectivity index is 0.000000293. The third kappa shape index (κ3) is 5.46. The van der Waals surface area contributed by atoms with Gasteiger partial charge in [0, 0.05) is 23.9 Å². The van der Waals surface area contributed by atoms with Crippen LogP contribution in [0.25, 0.3) is 22.2 Å². The van der Waals surface area contributed by atoms with Crippen LogP contribution in [0.4, 0.5) is 17.6 Å². The molecule has 0 spiro atoms. The second-order valence-corrected chi connectivity index (χ2v) is 7.22. The van der Waals surface area contributed by atoms with Gasteiger partial charge in [-0.3, -0.25) is 19.8 Å². The Morgan fingerprint density at radius 1 is 1.19 bits per heavy atom. The molecule has 0 aliphatic heterocycles. The van der Waals surface area contributed by atoms with Crippen LogP contribution in [0, 0.1) is 18.7 Å². The van der Waals surface area contributed by atoms with Crippen molar-refractivity contribution in [2.75, 3.05) is 0 Å². The smallest absolute Gasteiger partial charge is 0.339 e. The number of fused-ring (bicyclic) bond motifs is 1. The number of amides is 1. The first-order valence-electron chi connectivity index (χ1n) is 9.35. The molecule has 2 heterocycles. The normalized spacial score (nSPS) is 13.5. The monoisotopic (exact) mass is 437 g/mol. The molecule has 0 saturated heterocycles. The Kier molecular flexibility index (Phi) is 6.40. The van der Waals surface area contributed by atoms with Gasteiger partial charge in [-0.05, 0) is 55.2 Å². The van der Waals surface area contributed by atoms with E-state index < -0.39 is 12.1 Å². The topological polar surface area (TPSA) is 84.2 Å². The number of alkyl halides is 3. The molecule has 3 aromatic rings. The van der Waals surface area contributed by atoms with Crippen molar-refractivity contribution in [2.24, 2.45) is 5.92 Å². The summed E-state index contributed by atoms with van der Waals surface area (Å²) in [6, 6.07) is 9.00. The number of Topliss-reactive ketones (excluding diaryl/α,β-unsaturated/α-hetero) is 1. The number of halogens is 4. The Labute approximate surface area is 174 Å². The van der Waals surface area contributed by atoms with Crippen LogP contribution in [0.1, 0.15) is 18.4 Å². The summed E-state index contributed by atoms with van der Waals surface area (Å²) in [6.07, 6.45) is 0.765. The van der Waals surface area contributed by atoms with Gasteiger partial charge in [-0.2, -0.15) is 13.2 Å². The Morgan fingerprint density at radius 3 is 2.45 bits per heavy atom. The maximum atomic E-state index is 13.4. The van der Waals surface area contributed by atoms with Crippen LogP contribution < -0.4 is 5.48 Å². The highest BCUT2D eigenvalue weighted by Crippen LogP contribution is 2.31. The fraction of sp³-hybridized carbons (Fsp3) is 0.286. The highest BCUT2D eigenvalue weighted by molar-refractivity contribution is 5.86. The summed E-state index contributed by atoms with van der Waals surface area (Å²) >= 11 is 0. The van der Waals surface area contributed by atoms with Gasteiger partial charge < -0.3 is 4.57 Å². The van der Waals surface area contributed by atoms with Crippen LogP contribution in [-0.4, -0.2) is 32.6 Å². The number of carbonyl (C=O) groups excluding carboxylic acids is 2. The van der Waals surface area contributed by atoms with Gasteiger partial charge in [0.15, 0.2) is 5.78 Å². The Bertz CT molecular complexity index is 1120. The van der Waals surface area contributed by atoms with Crippen LogP contribution in [0.15, 0.2) is 42.7 Å². The van der Waals surface area contributed by atoms with E-state index in [2.05, 4.69) is 4.98 Å². The molecular formula is C21H19F4N3O3. The number of aromatic nitrogens is 2. The molecule has 2 aromatic heterocycles. The molecule has 1 aliphatic rings. The molecule has 0 radical (unpaired) electrons. The van der Waals surface area contributed by atoms with Crippen LogP contribution >= 0.6 is 0 Å². The first-order valence-corrected chi connectivity index (χ1v) is 9.35. The molecule has 31 heavy (non-hydrogen) atoms. The Morgan fingerprint density at radius 2 is 1.90 bits per heavy atom. The van der Waals surface area contributed by atoms with Gasteiger partial charge in [0.05, 0.1) is 17.6 Å². The summed E-state index contributed by atoms with van der Waals surface area (Å²) in [5.74, 6) is -2.02. The van der Waals surface area contributed by atoms with Crippen molar-refractivity contribution in [3.05, 3.63) is 54.1 Å². The van der Waals surface area contributed by atoms with E-state index in [-0.39, 0.29) is 11.7 Å². The van der Waals surface area contributed by atoms with E-state index in [1.165, 1.54) is 6.07 Å². The van der Waals surface area contributed by atoms with E-state index in [0.29, 0.717) is 23.4 Å². The van der Waals surface area contributed by atoms with Gasteiger partial charge >= 0.3 is 12.1 Å². The number of hydroxylamine groups is 1. The number of aryl methyl sites for hydroxylation is 1. The largest absolute Gasteiger partial charge is 0.473 e. The molecule has 10 heteroatoms. The standard InChI is InChI=1S/C19H17FN2O.C2H2F3NO2/c1-12-8-14(4-5-16(12)20)15-9-18-17(21-10-15)6-7-22(18)11-19(23)13-2-3-13;3-2(4,5)1(7)6-8/h4-10,13H,2-3,11H2,1H3;8H,(H,6,7).